The second kappa shape index (κ2) is 11.2. The third-order valence-electron chi connectivity index (χ3n) is 3.83. The van der Waals surface area contributed by atoms with Gasteiger partial charge in [0, 0.05) is 11.5 Å². The molecule has 0 saturated heterocycles. The summed E-state index contributed by atoms with van der Waals surface area (Å²) in [4.78, 5) is 0. The van der Waals surface area contributed by atoms with Crippen LogP contribution in [0.25, 0.3) is 0 Å². The number of rotatable bonds is 11. The van der Waals surface area contributed by atoms with Gasteiger partial charge in [-0.3, -0.25) is 0 Å². The summed E-state index contributed by atoms with van der Waals surface area (Å²) in [5.74, 6) is 0.771. The number of benzene rings is 1. The van der Waals surface area contributed by atoms with E-state index in [0.717, 1.165) is 24.8 Å². The average Bonchev–Trinajstić information content (AvgIpc) is 2.50. The van der Waals surface area contributed by atoms with Crippen LogP contribution >= 0.6 is 0 Å². The monoisotopic (exact) mass is 286 g/mol. The quantitative estimate of drug-likeness (QED) is 0.371. The van der Waals surface area contributed by atoms with Crippen molar-refractivity contribution < 1.29 is 5.11 Å². The van der Waals surface area contributed by atoms with E-state index in [4.69, 9.17) is 0 Å². The van der Waals surface area contributed by atoms with E-state index in [9.17, 15) is 5.11 Å². The lowest BCUT2D eigenvalue weighted by atomic mass is 9.91. The van der Waals surface area contributed by atoms with E-state index < -0.39 is 0 Å². The third-order valence-corrected chi connectivity index (χ3v) is 3.83. The molecule has 0 aliphatic heterocycles. The van der Waals surface area contributed by atoms with Gasteiger partial charge in [0.05, 0.1) is 0 Å². The van der Waals surface area contributed by atoms with Crippen LogP contribution in [0.5, 0.6) is 5.75 Å². The van der Waals surface area contributed by atoms with Crippen LogP contribution in [-0.4, -0.2) is 5.11 Å². The number of aromatic hydroxyl groups is 1. The van der Waals surface area contributed by atoms with Crippen LogP contribution in [0.3, 0.4) is 0 Å². The highest BCUT2D eigenvalue weighted by molar-refractivity contribution is 5.37. The number of hydrogen-bond donors (Lipinski definition) is 1. The van der Waals surface area contributed by atoms with E-state index in [1.807, 2.05) is 24.3 Å². The normalized spacial score (nSPS) is 12.6. The highest BCUT2D eigenvalue weighted by atomic mass is 16.3. The van der Waals surface area contributed by atoms with Crippen LogP contribution < -0.4 is 0 Å². The minimum atomic E-state index is 0.345. The lowest BCUT2D eigenvalue weighted by Gasteiger charge is -2.15. The van der Waals surface area contributed by atoms with Crippen LogP contribution in [-0.2, 0) is 0 Å². The minimum absolute atomic E-state index is 0.345. The van der Waals surface area contributed by atoms with E-state index in [2.05, 4.69) is 25.7 Å². The number of hydrogen-bond acceptors (Lipinski definition) is 1. The molecule has 0 fully saturated rings. The molecule has 0 aliphatic rings. The molecule has 0 heterocycles. The van der Waals surface area contributed by atoms with Gasteiger partial charge in [-0.05, 0) is 31.7 Å². The first-order valence-electron chi connectivity index (χ1n) is 8.35. The van der Waals surface area contributed by atoms with Gasteiger partial charge in [-0.15, -0.1) is 6.58 Å². The van der Waals surface area contributed by atoms with Gasteiger partial charge in [0.25, 0.3) is 0 Å². The van der Waals surface area contributed by atoms with Gasteiger partial charge in [-0.1, -0.05) is 69.0 Å². The molecule has 1 heteroatoms. The maximum Gasteiger partial charge on any atom is 0.119 e. The second-order valence-corrected chi connectivity index (χ2v) is 5.66. The average molecular weight is 286 g/mol. The van der Waals surface area contributed by atoms with E-state index in [0.29, 0.717) is 11.7 Å². The van der Waals surface area contributed by atoms with Gasteiger partial charge >= 0.3 is 0 Å². The predicted octanol–water partition coefficient (Wildman–Crippen LogP) is 6.36. The standard InChI is InChI=1S/C20H30O/c1-3-5-7-8-9-11-15-18(14-10-6-4-2)19-16-12-13-17-20(19)21/h3,10,12-14,16-18,21H,1,4-9,11,15H2,2H3/b14-10+. The lowest BCUT2D eigenvalue weighted by molar-refractivity contribution is 0.461. The van der Waals surface area contributed by atoms with E-state index >= 15 is 0 Å². The van der Waals surface area contributed by atoms with E-state index in [1.54, 1.807) is 6.07 Å². The third kappa shape index (κ3) is 7.17. The molecule has 116 valence electrons. The molecular formula is C20H30O. The molecule has 0 saturated carbocycles. The number of unbranched alkanes of at least 4 members (excludes halogenated alkanes) is 5. The molecule has 0 amide bonds. The molecule has 1 unspecified atom stereocenters. The highest BCUT2D eigenvalue weighted by Crippen LogP contribution is 2.31. The Morgan fingerprint density at radius 1 is 1.10 bits per heavy atom. The van der Waals surface area contributed by atoms with Gasteiger partial charge in [-0.25, -0.2) is 0 Å². The summed E-state index contributed by atoms with van der Waals surface area (Å²) in [7, 11) is 0. The number of allylic oxidation sites excluding steroid dienone is 3. The molecule has 1 N–H and O–H groups in total. The zero-order valence-electron chi connectivity index (χ0n) is 13.4. The molecule has 0 spiro atoms. The fourth-order valence-electron chi connectivity index (χ4n) is 2.59. The maximum absolute atomic E-state index is 10.1. The van der Waals surface area contributed by atoms with Crippen LogP contribution in [0.1, 0.15) is 69.8 Å². The molecule has 0 radical (unpaired) electrons. The molecule has 0 bridgehead atoms. The van der Waals surface area contributed by atoms with Crippen molar-refractivity contribution in [3.8, 4) is 5.75 Å². The first-order chi connectivity index (χ1) is 10.3. The van der Waals surface area contributed by atoms with Gasteiger partial charge in [0.15, 0.2) is 0 Å². The SMILES string of the molecule is C=CCCCCCCC(/C=C/CCC)c1ccccc1O. The molecule has 1 aromatic rings. The second-order valence-electron chi connectivity index (χ2n) is 5.66. The Labute approximate surface area is 130 Å². The molecule has 1 nitrogen and oxygen atoms in total. The van der Waals surface area contributed by atoms with E-state index in [1.165, 1.54) is 32.1 Å². The molecule has 1 atom stereocenters. The summed E-state index contributed by atoms with van der Waals surface area (Å²) in [6.45, 7) is 5.95. The Balaban J connectivity index is 2.53. The Kier molecular flexibility index (Phi) is 9.35. The Morgan fingerprint density at radius 2 is 1.86 bits per heavy atom. The van der Waals surface area contributed by atoms with Crippen molar-refractivity contribution in [2.24, 2.45) is 0 Å². The number of para-hydroxylation sites is 1. The fourth-order valence-corrected chi connectivity index (χ4v) is 2.59. The predicted molar refractivity (Wildman–Crippen MR) is 92.8 cm³/mol. The maximum atomic E-state index is 10.1. The molecular weight excluding hydrogens is 256 g/mol. The molecule has 21 heavy (non-hydrogen) atoms. The molecule has 1 aromatic carbocycles. The molecule has 0 aromatic heterocycles. The Bertz CT molecular complexity index is 420. The van der Waals surface area contributed by atoms with Crippen molar-refractivity contribution in [3.63, 3.8) is 0 Å². The van der Waals surface area contributed by atoms with Crippen LogP contribution in [0, 0.1) is 0 Å². The van der Waals surface area contributed by atoms with Crippen molar-refractivity contribution >= 4 is 0 Å². The summed E-state index contributed by atoms with van der Waals surface area (Å²) in [5, 5.41) is 10.1. The van der Waals surface area contributed by atoms with Gasteiger partial charge < -0.3 is 5.11 Å². The van der Waals surface area contributed by atoms with Gasteiger partial charge in [0.2, 0.25) is 0 Å². The van der Waals surface area contributed by atoms with Crippen molar-refractivity contribution in [2.75, 3.05) is 0 Å². The first-order valence-corrected chi connectivity index (χ1v) is 8.35. The van der Waals surface area contributed by atoms with Crippen molar-refractivity contribution in [1.29, 1.82) is 0 Å². The van der Waals surface area contributed by atoms with Crippen LogP contribution in [0.2, 0.25) is 0 Å². The van der Waals surface area contributed by atoms with Crippen molar-refractivity contribution in [1.82, 2.24) is 0 Å². The smallest absolute Gasteiger partial charge is 0.119 e. The number of phenolic OH excluding ortho intramolecular Hbond substituents is 1. The largest absolute Gasteiger partial charge is 0.508 e. The van der Waals surface area contributed by atoms with E-state index in [-0.39, 0.29) is 0 Å². The van der Waals surface area contributed by atoms with Gasteiger partial charge in [0.1, 0.15) is 5.75 Å². The molecule has 0 aliphatic carbocycles. The van der Waals surface area contributed by atoms with Crippen molar-refractivity contribution in [3.05, 3.63) is 54.6 Å². The summed E-state index contributed by atoms with van der Waals surface area (Å²) in [5.41, 5.74) is 1.07. The summed E-state index contributed by atoms with van der Waals surface area (Å²) >= 11 is 0. The van der Waals surface area contributed by atoms with Crippen LogP contribution in [0.4, 0.5) is 0 Å². The van der Waals surface area contributed by atoms with Crippen LogP contribution in [0.15, 0.2) is 49.1 Å². The first kappa shape index (κ1) is 17.6. The summed E-state index contributed by atoms with van der Waals surface area (Å²) in [6, 6.07) is 7.74. The zero-order chi connectivity index (χ0) is 15.3. The zero-order valence-corrected chi connectivity index (χ0v) is 13.4. The number of phenols is 1. The summed E-state index contributed by atoms with van der Waals surface area (Å²) < 4.78 is 0. The summed E-state index contributed by atoms with van der Waals surface area (Å²) in [6.07, 6.45) is 16.1. The molecule has 1 rings (SSSR count). The topological polar surface area (TPSA) is 20.2 Å². The highest BCUT2D eigenvalue weighted by Gasteiger charge is 2.11. The fraction of sp³-hybridized carbons (Fsp3) is 0.500. The lowest BCUT2D eigenvalue weighted by Crippen LogP contribution is -1.96. The Hall–Kier alpha value is -1.50. The Morgan fingerprint density at radius 3 is 2.57 bits per heavy atom. The van der Waals surface area contributed by atoms with Crippen molar-refractivity contribution in [2.45, 2.75) is 64.2 Å². The van der Waals surface area contributed by atoms with Gasteiger partial charge in [-0.2, -0.15) is 0 Å². The minimum Gasteiger partial charge on any atom is -0.508 e.